The molecule has 6 nitrogen and oxygen atoms in total. The molecule has 0 radical (unpaired) electrons. The zero-order valence-corrected chi connectivity index (χ0v) is 17.0. The molecule has 2 N–H and O–H groups in total. The van der Waals surface area contributed by atoms with E-state index < -0.39 is 5.92 Å². The highest BCUT2D eigenvalue weighted by molar-refractivity contribution is 6.30. The normalized spacial score (nSPS) is 18.6. The van der Waals surface area contributed by atoms with Crippen molar-refractivity contribution in [1.82, 2.24) is 15.5 Å². The molecule has 0 aliphatic carbocycles. The second-order valence-electron chi connectivity index (χ2n) is 7.08. The number of hydrogen-bond donors (Lipinski definition) is 2. The van der Waals surface area contributed by atoms with Crippen LogP contribution < -0.4 is 10.6 Å². The summed E-state index contributed by atoms with van der Waals surface area (Å²) < 4.78 is 0. The van der Waals surface area contributed by atoms with Gasteiger partial charge in [0.25, 0.3) is 5.91 Å². The summed E-state index contributed by atoms with van der Waals surface area (Å²) in [6.45, 7) is 0.875. The molecular weight excluding hydrogens is 390 g/mol. The maximum absolute atomic E-state index is 12.7. The summed E-state index contributed by atoms with van der Waals surface area (Å²) in [5.74, 6) is -0.835. The predicted molar refractivity (Wildman–Crippen MR) is 111 cm³/mol. The molecule has 1 aliphatic heterocycles. The van der Waals surface area contributed by atoms with E-state index in [2.05, 4.69) is 10.6 Å². The first-order valence-corrected chi connectivity index (χ1v) is 9.97. The van der Waals surface area contributed by atoms with Crippen molar-refractivity contribution in [2.24, 2.45) is 5.92 Å². The van der Waals surface area contributed by atoms with Gasteiger partial charge in [-0.1, -0.05) is 41.9 Å². The number of likely N-dealkylation sites (tertiary alicyclic amines) is 1. The number of benzene rings is 2. The topological polar surface area (TPSA) is 78.5 Å². The van der Waals surface area contributed by atoms with Gasteiger partial charge < -0.3 is 15.5 Å². The molecule has 0 bridgehead atoms. The number of carbonyl (C=O) groups excluding carboxylic acids is 3. The Labute approximate surface area is 175 Å². The van der Waals surface area contributed by atoms with E-state index in [0.717, 1.165) is 5.56 Å². The summed E-state index contributed by atoms with van der Waals surface area (Å²) in [6.07, 6.45) is 0.771. The first-order chi connectivity index (χ1) is 14.0. The van der Waals surface area contributed by atoms with Crippen LogP contribution in [-0.4, -0.2) is 42.8 Å². The second-order valence-corrected chi connectivity index (χ2v) is 7.52. The maximum atomic E-state index is 12.7. The van der Waals surface area contributed by atoms with E-state index in [-0.39, 0.29) is 30.2 Å². The predicted octanol–water partition coefficient (Wildman–Crippen LogP) is 2.80. The molecule has 29 heavy (non-hydrogen) atoms. The van der Waals surface area contributed by atoms with Gasteiger partial charge in [-0.2, -0.15) is 0 Å². The van der Waals surface area contributed by atoms with Gasteiger partial charge in [-0.25, -0.2) is 0 Å². The van der Waals surface area contributed by atoms with Crippen LogP contribution in [0.3, 0.4) is 0 Å². The van der Waals surface area contributed by atoms with Crippen LogP contribution >= 0.6 is 11.6 Å². The van der Waals surface area contributed by atoms with Crippen molar-refractivity contribution >= 4 is 29.3 Å². The van der Waals surface area contributed by atoms with Gasteiger partial charge in [0.15, 0.2) is 0 Å². The minimum atomic E-state index is -0.468. The molecule has 0 saturated carbocycles. The minimum Gasteiger partial charge on any atom is -0.356 e. The third kappa shape index (κ3) is 5.15. The van der Waals surface area contributed by atoms with Crippen LogP contribution in [0.1, 0.15) is 34.8 Å². The van der Waals surface area contributed by atoms with Crippen LogP contribution in [0, 0.1) is 5.92 Å². The molecule has 1 fully saturated rings. The standard InChI is InChI=1S/C22H24ClN3O3/c1-26-19(27)14-18(20(26)16-9-5-10-17(23)13-16)22(29)25-12-6-11-24-21(28)15-7-3-2-4-8-15/h2-5,7-10,13,18,20H,6,11-12,14H2,1H3,(H,24,28)(H,25,29). The Morgan fingerprint density at radius 3 is 2.52 bits per heavy atom. The Balaban J connectivity index is 1.50. The number of halogens is 1. The third-order valence-corrected chi connectivity index (χ3v) is 5.32. The molecule has 2 unspecified atom stereocenters. The Bertz CT molecular complexity index is 888. The highest BCUT2D eigenvalue weighted by atomic mass is 35.5. The summed E-state index contributed by atoms with van der Waals surface area (Å²) in [5, 5.41) is 6.29. The highest BCUT2D eigenvalue weighted by Crippen LogP contribution is 2.37. The van der Waals surface area contributed by atoms with Crippen LogP contribution in [0.25, 0.3) is 0 Å². The van der Waals surface area contributed by atoms with Gasteiger partial charge in [-0.3, -0.25) is 14.4 Å². The van der Waals surface area contributed by atoms with Gasteiger partial charge in [0, 0.05) is 37.1 Å². The SMILES string of the molecule is CN1C(=O)CC(C(=O)NCCCNC(=O)c2ccccc2)C1c1cccc(Cl)c1. The zero-order chi connectivity index (χ0) is 20.8. The van der Waals surface area contributed by atoms with Crippen LogP contribution in [-0.2, 0) is 9.59 Å². The molecule has 1 aliphatic rings. The Hall–Kier alpha value is -2.86. The van der Waals surface area contributed by atoms with Crippen molar-refractivity contribution in [3.05, 3.63) is 70.7 Å². The quantitative estimate of drug-likeness (QED) is 0.685. The lowest BCUT2D eigenvalue weighted by Gasteiger charge is -2.25. The van der Waals surface area contributed by atoms with Crippen molar-refractivity contribution < 1.29 is 14.4 Å². The van der Waals surface area contributed by atoms with Crippen LogP contribution in [0.4, 0.5) is 0 Å². The average Bonchev–Trinajstić information content (AvgIpc) is 3.03. The highest BCUT2D eigenvalue weighted by Gasteiger charge is 2.42. The Morgan fingerprint density at radius 2 is 1.79 bits per heavy atom. The van der Waals surface area contributed by atoms with Gasteiger partial charge in [-0.05, 0) is 36.2 Å². The average molecular weight is 414 g/mol. The zero-order valence-electron chi connectivity index (χ0n) is 16.2. The number of nitrogens with zero attached hydrogens (tertiary/aromatic N) is 1. The van der Waals surface area contributed by atoms with E-state index in [4.69, 9.17) is 11.6 Å². The molecule has 7 heteroatoms. The van der Waals surface area contributed by atoms with Crippen LogP contribution in [0.2, 0.25) is 5.02 Å². The molecule has 3 rings (SSSR count). The third-order valence-electron chi connectivity index (χ3n) is 5.09. The molecule has 1 saturated heterocycles. The molecule has 2 aromatic rings. The van der Waals surface area contributed by atoms with Crippen molar-refractivity contribution in [2.45, 2.75) is 18.9 Å². The molecule has 1 heterocycles. The smallest absolute Gasteiger partial charge is 0.251 e. The van der Waals surface area contributed by atoms with E-state index in [0.29, 0.717) is 30.1 Å². The van der Waals surface area contributed by atoms with Gasteiger partial charge in [0.05, 0.1) is 12.0 Å². The van der Waals surface area contributed by atoms with Crippen molar-refractivity contribution in [3.8, 4) is 0 Å². The lowest BCUT2D eigenvalue weighted by Crippen LogP contribution is -2.36. The van der Waals surface area contributed by atoms with Crippen molar-refractivity contribution in [2.75, 3.05) is 20.1 Å². The first-order valence-electron chi connectivity index (χ1n) is 9.59. The first kappa shape index (κ1) is 20.9. The van der Waals surface area contributed by atoms with Gasteiger partial charge in [-0.15, -0.1) is 0 Å². The van der Waals surface area contributed by atoms with Crippen LogP contribution in [0.15, 0.2) is 54.6 Å². The molecule has 2 atom stereocenters. The van der Waals surface area contributed by atoms with Crippen LogP contribution in [0.5, 0.6) is 0 Å². The summed E-state index contributed by atoms with van der Waals surface area (Å²) in [6, 6.07) is 15.9. The molecule has 152 valence electrons. The van der Waals surface area contributed by atoms with Crippen molar-refractivity contribution in [3.63, 3.8) is 0 Å². The maximum Gasteiger partial charge on any atom is 0.251 e. The Morgan fingerprint density at radius 1 is 1.07 bits per heavy atom. The fourth-order valence-electron chi connectivity index (χ4n) is 3.58. The number of carbonyl (C=O) groups is 3. The monoisotopic (exact) mass is 413 g/mol. The van der Waals surface area contributed by atoms with Gasteiger partial charge in [0.1, 0.15) is 0 Å². The van der Waals surface area contributed by atoms with E-state index in [1.165, 1.54) is 0 Å². The molecule has 3 amide bonds. The number of rotatable bonds is 7. The second kappa shape index (κ2) is 9.56. The Kier molecular flexibility index (Phi) is 6.88. The summed E-state index contributed by atoms with van der Waals surface area (Å²) >= 11 is 6.08. The molecule has 2 aromatic carbocycles. The number of amides is 3. The molecule has 0 spiro atoms. The number of hydrogen-bond acceptors (Lipinski definition) is 3. The lowest BCUT2D eigenvalue weighted by atomic mass is 9.93. The van der Waals surface area contributed by atoms with Gasteiger partial charge >= 0.3 is 0 Å². The van der Waals surface area contributed by atoms with E-state index in [1.807, 2.05) is 30.3 Å². The van der Waals surface area contributed by atoms with E-state index >= 15 is 0 Å². The number of nitrogens with one attached hydrogen (secondary N) is 2. The van der Waals surface area contributed by atoms with Gasteiger partial charge in [0.2, 0.25) is 11.8 Å². The van der Waals surface area contributed by atoms with E-state index in [9.17, 15) is 14.4 Å². The lowest BCUT2D eigenvalue weighted by molar-refractivity contribution is -0.128. The summed E-state index contributed by atoms with van der Waals surface area (Å²) in [4.78, 5) is 38.5. The molecule has 0 aromatic heterocycles. The summed E-state index contributed by atoms with van der Waals surface area (Å²) in [5.41, 5.74) is 1.45. The largest absolute Gasteiger partial charge is 0.356 e. The minimum absolute atomic E-state index is 0.0646. The fraction of sp³-hybridized carbons (Fsp3) is 0.318. The van der Waals surface area contributed by atoms with Crippen molar-refractivity contribution in [1.29, 1.82) is 0 Å². The fourth-order valence-corrected chi connectivity index (χ4v) is 3.77. The summed E-state index contributed by atoms with van der Waals surface area (Å²) in [7, 11) is 1.71. The van der Waals surface area contributed by atoms with E-state index in [1.54, 1.807) is 36.2 Å². The molecular formula is C22H24ClN3O3.